The lowest BCUT2D eigenvalue weighted by molar-refractivity contribution is -0.221. The molecule has 3 heterocycles. The maximum Gasteiger partial charge on any atom is 0.342 e. The molecule has 0 aromatic rings. The van der Waals surface area contributed by atoms with Gasteiger partial charge in [-0.15, -0.1) is 0 Å². The first-order chi connectivity index (χ1) is 16.8. The Morgan fingerprint density at radius 3 is 2.08 bits per heavy atom. The number of epoxide rings is 2. The fraction of sp³-hybridized carbons (Fsp3) is 0.769. The summed E-state index contributed by atoms with van der Waals surface area (Å²) in [6.45, 7) is 9.84. The molecule has 4 fully saturated rings. The minimum atomic E-state index is -1.32. The normalized spacial score (nSPS) is 48.2. The molecule has 10 nitrogen and oxygen atoms in total. The monoisotopic (exact) mass is 506 g/mol. The number of carbonyl (C=O) groups is 4. The zero-order valence-corrected chi connectivity index (χ0v) is 21.6. The molecule has 198 valence electrons. The minimum absolute atomic E-state index is 0.395. The molecule has 2 aliphatic carbocycles. The Morgan fingerprint density at radius 2 is 1.56 bits per heavy atom. The highest BCUT2D eigenvalue weighted by Gasteiger charge is 2.88. The summed E-state index contributed by atoms with van der Waals surface area (Å²) in [5.41, 5.74) is -3.46. The lowest BCUT2D eigenvalue weighted by Gasteiger charge is -2.55. The van der Waals surface area contributed by atoms with Crippen LogP contribution in [0.3, 0.4) is 0 Å². The van der Waals surface area contributed by atoms with Crippen molar-refractivity contribution >= 4 is 23.9 Å². The fourth-order valence-electron chi connectivity index (χ4n) is 7.21. The summed E-state index contributed by atoms with van der Waals surface area (Å²) in [6, 6.07) is 0. The molecule has 5 aliphatic rings. The van der Waals surface area contributed by atoms with E-state index in [4.69, 9.17) is 28.4 Å². The van der Waals surface area contributed by atoms with E-state index in [9.17, 15) is 19.2 Å². The molecule has 5 rings (SSSR count). The van der Waals surface area contributed by atoms with Gasteiger partial charge in [-0.1, -0.05) is 12.5 Å². The lowest BCUT2D eigenvalue weighted by atomic mass is 9.53. The van der Waals surface area contributed by atoms with Gasteiger partial charge in [0.2, 0.25) is 0 Å². The maximum absolute atomic E-state index is 13.0. The van der Waals surface area contributed by atoms with E-state index < -0.39 is 76.4 Å². The van der Waals surface area contributed by atoms with Crippen molar-refractivity contribution < 1.29 is 47.6 Å². The Bertz CT molecular complexity index is 1050. The van der Waals surface area contributed by atoms with E-state index in [2.05, 4.69) is 0 Å². The van der Waals surface area contributed by atoms with Gasteiger partial charge in [-0.2, -0.15) is 0 Å². The number of allylic oxidation sites excluding steroid dienone is 1. The van der Waals surface area contributed by atoms with Crippen molar-refractivity contribution in [3.63, 3.8) is 0 Å². The number of esters is 4. The highest BCUT2D eigenvalue weighted by atomic mass is 16.7. The van der Waals surface area contributed by atoms with Gasteiger partial charge in [-0.3, -0.25) is 14.4 Å². The average Bonchev–Trinajstić information content (AvgIpc) is 3.65. The number of hydrogen-bond donors (Lipinski definition) is 0. The predicted molar refractivity (Wildman–Crippen MR) is 121 cm³/mol. The van der Waals surface area contributed by atoms with E-state index in [1.54, 1.807) is 6.92 Å². The van der Waals surface area contributed by atoms with Gasteiger partial charge >= 0.3 is 23.9 Å². The van der Waals surface area contributed by atoms with Crippen molar-refractivity contribution in [2.75, 3.05) is 6.61 Å². The summed E-state index contributed by atoms with van der Waals surface area (Å²) < 4.78 is 35.9. The number of carbonyl (C=O) groups excluding carboxylic acids is 4. The van der Waals surface area contributed by atoms with Crippen LogP contribution >= 0.6 is 0 Å². The molecule has 0 radical (unpaired) electrons. The predicted octanol–water partition coefficient (Wildman–Crippen LogP) is 2.16. The second-order valence-electron chi connectivity index (χ2n) is 11.3. The Morgan fingerprint density at radius 1 is 0.972 bits per heavy atom. The van der Waals surface area contributed by atoms with Crippen LogP contribution in [0.1, 0.15) is 67.2 Å². The van der Waals surface area contributed by atoms with E-state index in [0.29, 0.717) is 32.3 Å². The van der Waals surface area contributed by atoms with Crippen molar-refractivity contribution in [2.45, 2.75) is 108 Å². The van der Waals surface area contributed by atoms with Gasteiger partial charge in [-0.25, -0.2) is 4.79 Å². The van der Waals surface area contributed by atoms with Crippen LogP contribution in [-0.4, -0.2) is 71.7 Å². The highest BCUT2D eigenvalue weighted by molar-refractivity contribution is 5.89. The van der Waals surface area contributed by atoms with Crippen LogP contribution in [0.25, 0.3) is 0 Å². The summed E-state index contributed by atoms with van der Waals surface area (Å²) in [5, 5.41) is 0. The van der Waals surface area contributed by atoms with Crippen LogP contribution in [0.2, 0.25) is 0 Å². The van der Waals surface area contributed by atoms with E-state index in [1.807, 2.05) is 19.9 Å². The summed E-state index contributed by atoms with van der Waals surface area (Å²) in [6.07, 6.45) is 0.712. The average molecular weight is 507 g/mol. The Kier molecular flexibility index (Phi) is 5.61. The van der Waals surface area contributed by atoms with Crippen LogP contribution in [0, 0.1) is 11.3 Å². The van der Waals surface area contributed by atoms with Gasteiger partial charge in [0.25, 0.3) is 0 Å². The van der Waals surface area contributed by atoms with E-state index in [1.165, 1.54) is 20.8 Å². The third kappa shape index (κ3) is 3.44. The summed E-state index contributed by atoms with van der Waals surface area (Å²) >= 11 is 0. The van der Waals surface area contributed by atoms with Crippen molar-refractivity contribution in [1.82, 2.24) is 0 Å². The SMILES string of the molecule is CC(=O)O[C@H]1CC/C(C)=C/[C@@H]2OC(=O)[C@]3(C)O[C@]23[C@@H](OC(C)=O)[C@H]2[C@]3(CC[C@H](OC(C)=O)[C@]12C)CO3. The Labute approximate surface area is 209 Å². The largest absolute Gasteiger partial charge is 0.462 e. The van der Waals surface area contributed by atoms with Gasteiger partial charge in [0, 0.05) is 26.7 Å². The van der Waals surface area contributed by atoms with Crippen LogP contribution in [0.5, 0.6) is 0 Å². The number of fused-ring (bicyclic) bond motifs is 2. The van der Waals surface area contributed by atoms with Crippen LogP contribution in [0.4, 0.5) is 0 Å². The summed E-state index contributed by atoms with van der Waals surface area (Å²) in [7, 11) is 0. The van der Waals surface area contributed by atoms with E-state index in [0.717, 1.165) is 5.57 Å². The van der Waals surface area contributed by atoms with Gasteiger partial charge in [0.05, 0.1) is 17.6 Å². The molecule has 0 unspecified atom stereocenters. The molecule has 10 heteroatoms. The van der Waals surface area contributed by atoms with Crippen molar-refractivity contribution in [3.8, 4) is 0 Å². The number of ether oxygens (including phenoxy) is 6. The molecule has 2 spiro atoms. The Hall–Kier alpha value is -2.46. The lowest BCUT2D eigenvalue weighted by Crippen LogP contribution is -2.66. The number of hydrogen-bond acceptors (Lipinski definition) is 10. The topological polar surface area (TPSA) is 130 Å². The van der Waals surface area contributed by atoms with Gasteiger partial charge < -0.3 is 28.4 Å². The zero-order chi connectivity index (χ0) is 26.3. The van der Waals surface area contributed by atoms with Gasteiger partial charge in [-0.05, 0) is 45.6 Å². The van der Waals surface area contributed by atoms with Crippen molar-refractivity contribution in [3.05, 3.63) is 11.6 Å². The molecule has 0 bridgehead atoms. The van der Waals surface area contributed by atoms with Crippen LogP contribution in [0.15, 0.2) is 11.6 Å². The van der Waals surface area contributed by atoms with Crippen LogP contribution in [-0.2, 0) is 47.6 Å². The van der Waals surface area contributed by atoms with Crippen molar-refractivity contribution in [1.29, 1.82) is 0 Å². The Balaban J connectivity index is 1.75. The third-order valence-corrected chi connectivity index (χ3v) is 8.96. The molecule has 3 saturated heterocycles. The molecular formula is C26H34O10. The van der Waals surface area contributed by atoms with Crippen LogP contribution < -0.4 is 0 Å². The molecule has 9 atom stereocenters. The molecule has 0 N–H and O–H groups in total. The molecular weight excluding hydrogens is 472 g/mol. The summed E-state index contributed by atoms with van der Waals surface area (Å²) in [4.78, 5) is 50.1. The fourth-order valence-corrected chi connectivity index (χ4v) is 7.21. The standard InChI is InChI=1S/C26H34O10/c1-13-7-8-17(32-14(2)27)23(5)18(33-15(3)28)9-10-25(12-31-25)20(23)21(34-16(4)29)26-19(11-13)35-22(30)24(26,6)36-26/h11,17-21H,7-10,12H2,1-6H3/b13-11+/t17-,18-,19-,20+,21-,23-,24-,25-,26-/m0/s1. The second-order valence-corrected chi connectivity index (χ2v) is 11.3. The molecule has 3 aliphatic heterocycles. The molecule has 0 amide bonds. The van der Waals surface area contributed by atoms with Gasteiger partial charge in [0.15, 0.2) is 17.3 Å². The molecule has 36 heavy (non-hydrogen) atoms. The molecule has 0 aromatic heterocycles. The first-order valence-corrected chi connectivity index (χ1v) is 12.5. The zero-order valence-electron chi connectivity index (χ0n) is 21.6. The maximum atomic E-state index is 13.0. The molecule has 1 saturated carbocycles. The first-order valence-electron chi connectivity index (χ1n) is 12.5. The van der Waals surface area contributed by atoms with Crippen molar-refractivity contribution in [2.24, 2.45) is 11.3 Å². The smallest absolute Gasteiger partial charge is 0.342 e. The number of rotatable bonds is 3. The first kappa shape index (κ1) is 25.2. The highest BCUT2D eigenvalue weighted by Crippen LogP contribution is 2.68. The van der Waals surface area contributed by atoms with Gasteiger partial charge in [0.1, 0.15) is 18.3 Å². The summed E-state index contributed by atoms with van der Waals surface area (Å²) in [5.74, 6) is -2.64. The molecule has 0 aromatic carbocycles. The minimum Gasteiger partial charge on any atom is -0.462 e. The van der Waals surface area contributed by atoms with E-state index >= 15 is 0 Å². The van der Waals surface area contributed by atoms with E-state index in [-0.39, 0.29) is 0 Å². The second kappa shape index (κ2) is 8.02. The quantitative estimate of drug-likeness (QED) is 0.243. The third-order valence-electron chi connectivity index (χ3n) is 8.96.